The fourth-order valence-electron chi connectivity index (χ4n) is 2.51. The number of hydrogen-bond acceptors (Lipinski definition) is 4. The fourth-order valence-corrected chi connectivity index (χ4v) is 4.16. The number of nitrogens with zero attached hydrogens (tertiary/aromatic N) is 1. The van der Waals surface area contributed by atoms with E-state index in [1.165, 1.54) is 16.0 Å². The summed E-state index contributed by atoms with van der Waals surface area (Å²) in [5.41, 5.74) is 0.969. The molecule has 142 valence electrons. The van der Waals surface area contributed by atoms with Gasteiger partial charge in [0, 0.05) is 35.0 Å². The largest absolute Gasteiger partial charge is 0.357 e. The van der Waals surface area contributed by atoms with E-state index < -0.39 is 9.84 Å². The summed E-state index contributed by atoms with van der Waals surface area (Å²) in [5.74, 6) is 0.764. The van der Waals surface area contributed by atoms with E-state index in [0.29, 0.717) is 11.4 Å². The monoisotopic (exact) mass is 393 g/mol. The van der Waals surface area contributed by atoms with E-state index in [1.807, 2.05) is 18.3 Å². The lowest BCUT2D eigenvalue weighted by atomic mass is 10.2. The predicted octanol–water partition coefficient (Wildman–Crippen LogP) is 3.15. The summed E-state index contributed by atoms with van der Waals surface area (Å²) < 4.78 is 23.0. The topological polar surface area (TPSA) is 70.6 Å². The van der Waals surface area contributed by atoms with Crippen LogP contribution in [0.5, 0.6) is 0 Å². The molecule has 1 aromatic carbocycles. The van der Waals surface area contributed by atoms with Crippen LogP contribution in [0.2, 0.25) is 0 Å². The minimum atomic E-state index is -3.16. The molecule has 0 aliphatic carbocycles. The van der Waals surface area contributed by atoms with Crippen LogP contribution in [0.15, 0.2) is 46.3 Å². The zero-order valence-electron chi connectivity index (χ0n) is 15.7. The Bertz CT molecular complexity index is 840. The molecular formula is C19H27N3O2S2. The van der Waals surface area contributed by atoms with E-state index in [1.54, 1.807) is 24.3 Å². The highest BCUT2D eigenvalue weighted by Crippen LogP contribution is 2.16. The maximum absolute atomic E-state index is 11.5. The van der Waals surface area contributed by atoms with Crippen molar-refractivity contribution in [3.63, 3.8) is 0 Å². The average molecular weight is 394 g/mol. The first-order chi connectivity index (χ1) is 12.3. The van der Waals surface area contributed by atoms with Crippen molar-refractivity contribution in [1.82, 2.24) is 10.6 Å². The van der Waals surface area contributed by atoms with Crippen molar-refractivity contribution in [2.24, 2.45) is 4.99 Å². The first kappa shape index (κ1) is 20.5. The van der Waals surface area contributed by atoms with Crippen LogP contribution in [-0.4, -0.2) is 33.2 Å². The molecule has 1 unspecified atom stereocenters. The second-order valence-corrected chi connectivity index (χ2v) is 9.76. The highest BCUT2D eigenvalue weighted by atomic mass is 32.2. The first-order valence-corrected chi connectivity index (χ1v) is 11.4. The number of benzene rings is 1. The van der Waals surface area contributed by atoms with Gasteiger partial charge in [-0.05, 0) is 50.6 Å². The van der Waals surface area contributed by atoms with Crippen molar-refractivity contribution in [2.45, 2.75) is 44.7 Å². The minimum absolute atomic E-state index is 0.262. The van der Waals surface area contributed by atoms with E-state index in [9.17, 15) is 8.42 Å². The summed E-state index contributed by atoms with van der Waals surface area (Å²) in [6, 6.07) is 11.4. The van der Waals surface area contributed by atoms with E-state index in [4.69, 9.17) is 0 Å². The normalized spacial score (nSPS) is 13.5. The molecule has 1 aromatic heterocycles. The number of thiophene rings is 1. The van der Waals surface area contributed by atoms with Crippen LogP contribution in [0.25, 0.3) is 0 Å². The minimum Gasteiger partial charge on any atom is -0.357 e. The maximum Gasteiger partial charge on any atom is 0.191 e. The third-order valence-corrected chi connectivity index (χ3v) is 5.95. The molecule has 0 radical (unpaired) electrons. The molecular weight excluding hydrogens is 366 g/mol. The van der Waals surface area contributed by atoms with Crippen LogP contribution >= 0.6 is 11.3 Å². The standard InChI is InChI=1S/C19H27N3O2S2/c1-5-20-19(22-14(2)12-17-9-6-15(3)25-17)21-13-16-7-10-18(11-8-16)26(4,23)24/h6-11,14H,5,12-13H2,1-4H3,(H2,20,21,22). The Labute approximate surface area is 160 Å². The Balaban J connectivity index is 1.99. The number of sulfone groups is 1. The highest BCUT2D eigenvalue weighted by molar-refractivity contribution is 7.90. The molecule has 0 aliphatic heterocycles. The van der Waals surface area contributed by atoms with Crippen LogP contribution in [0, 0.1) is 6.92 Å². The van der Waals surface area contributed by atoms with Crippen LogP contribution in [0.4, 0.5) is 0 Å². The molecule has 0 fully saturated rings. The van der Waals surface area contributed by atoms with Gasteiger partial charge in [0.05, 0.1) is 11.4 Å². The summed E-state index contributed by atoms with van der Waals surface area (Å²) in [4.78, 5) is 7.62. The second-order valence-electron chi connectivity index (χ2n) is 6.37. The third kappa shape index (κ3) is 6.46. The maximum atomic E-state index is 11.5. The average Bonchev–Trinajstić information content (AvgIpc) is 2.97. The quantitative estimate of drug-likeness (QED) is 0.560. The molecule has 1 atom stereocenters. The highest BCUT2D eigenvalue weighted by Gasteiger charge is 2.09. The smallest absolute Gasteiger partial charge is 0.191 e. The Morgan fingerprint density at radius 2 is 1.88 bits per heavy atom. The molecule has 0 saturated carbocycles. The number of nitrogens with one attached hydrogen (secondary N) is 2. The second kappa shape index (κ2) is 9.19. The summed E-state index contributed by atoms with van der Waals surface area (Å²) >= 11 is 1.82. The first-order valence-electron chi connectivity index (χ1n) is 8.67. The zero-order valence-corrected chi connectivity index (χ0v) is 17.4. The van der Waals surface area contributed by atoms with Crippen LogP contribution in [0.1, 0.15) is 29.2 Å². The van der Waals surface area contributed by atoms with Crippen molar-refractivity contribution in [2.75, 3.05) is 12.8 Å². The Kier molecular flexibility index (Phi) is 7.23. The van der Waals surface area contributed by atoms with Gasteiger partial charge in [0.25, 0.3) is 0 Å². The van der Waals surface area contributed by atoms with Crippen molar-refractivity contribution in [3.8, 4) is 0 Å². The van der Waals surface area contributed by atoms with Crippen LogP contribution in [-0.2, 0) is 22.8 Å². The number of aryl methyl sites for hydroxylation is 1. The van der Waals surface area contributed by atoms with E-state index in [2.05, 4.69) is 41.6 Å². The summed E-state index contributed by atoms with van der Waals surface area (Å²) in [6.45, 7) is 7.56. The number of guanidine groups is 1. The molecule has 0 saturated heterocycles. The van der Waals surface area contributed by atoms with Gasteiger partial charge in [-0.3, -0.25) is 0 Å². The van der Waals surface area contributed by atoms with Crippen molar-refractivity contribution < 1.29 is 8.42 Å². The molecule has 5 nitrogen and oxygen atoms in total. The van der Waals surface area contributed by atoms with E-state index >= 15 is 0 Å². The van der Waals surface area contributed by atoms with Gasteiger partial charge in [-0.15, -0.1) is 11.3 Å². The molecule has 1 heterocycles. The van der Waals surface area contributed by atoms with Gasteiger partial charge >= 0.3 is 0 Å². The SMILES string of the molecule is CCNC(=NCc1ccc(S(C)(=O)=O)cc1)NC(C)Cc1ccc(C)s1. The molecule has 26 heavy (non-hydrogen) atoms. The van der Waals surface area contributed by atoms with E-state index in [0.717, 1.165) is 24.5 Å². The van der Waals surface area contributed by atoms with Gasteiger partial charge in [0.1, 0.15) is 0 Å². The molecule has 2 aromatic rings. The third-order valence-electron chi connectivity index (χ3n) is 3.80. The molecule has 0 aliphatic rings. The Hall–Kier alpha value is -1.86. The molecule has 0 amide bonds. The van der Waals surface area contributed by atoms with E-state index in [-0.39, 0.29) is 6.04 Å². The molecule has 2 N–H and O–H groups in total. The van der Waals surface area contributed by atoms with Crippen molar-refractivity contribution in [3.05, 3.63) is 51.7 Å². The zero-order chi connectivity index (χ0) is 19.2. The Morgan fingerprint density at radius 3 is 2.42 bits per heavy atom. The predicted molar refractivity (Wildman–Crippen MR) is 110 cm³/mol. The van der Waals surface area contributed by atoms with Gasteiger partial charge in [-0.2, -0.15) is 0 Å². The lowest BCUT2D eigenvalue weighted by Gasteiger charge is -2.17. The number of hydrogen-bond donors (Lipinski definition) is 2. The molecule has 0 bridgehead atoms. The van der Waals surface area contributed by atoms with Gasteiger partial charge in [-0.1, -0.05) is 12.1 Å². The summed E-state index contributed by atoms with van der Waals surface area (Å²) in [6.07, 6.45) is 2.16. The molecule has 2 rings (SSSR count). The van der Waals surface area contributed by atoms with Crippen LogP contribution < -0.4 is 10.6 Å². The molecule has 0 spiro atoms. The Morgan fingerprint density at radius 1 is 1.19 bits per heavy atom. The lowest BCUT2D eigenvalue weighted by molar-refractivity contribution is 0.602. The van der Waals surface area contributed by atoms with Gasteiger partial charge < -0.3 is 10.6 Å². The number of aliphatic imine (C=N–C) groups is 1. The van der Waals surface area contributed by atoms with Crippen LogP contribution in [0.3, 0.4) is 0 Å². The number of rotatable bonds is 7. The fraction of sp³-hybridized carbons (Fsp3) is 0.421. The molecule has 7 heteroatoms. The summed E-state index contributed by atoms with van der Waals surface area (Å²) in [5, 5.41) is 6.69. The van der Waals surface area contributed by atoms with Gasteiger partial charge in [0.15, 0.2) is 15.8 Å². The summed E-state index contributed by atoms with van der Waals surface area (Å²) in [7, 11) is -3.16. The lowest BCUT2D eigenvalue weighted by Crippen LogP contribution is -2.43. The van der Waals surface area contributed by atoms with Crippen molar-refractivity contribution in [1.29, 1.82) is 0 Å². The van der Waals surface area contributed by atoms with Gasteiger partial charge in [-0.25, -0.2) is 13.4 Å². The van der Waals surface area contributed by atoms with Crippen molar-refractivity contribution >= 4 is 27.1 Å². The van der Waals surface area contributed by atoms with Gasteiger partial charge in [0.2, 0.25) is 0 Å².